The van der Waals surface area contributed by atoms with Crippen molar-refractivity contribution in [3.63, 3.8) is 0 Å². The Hall–Kier alpha value is -4.85. The number of hydrogen-bond donors (Lipinski definition) is 1. The van der Waals surface area contributed by atoms with Crippen molar-refractivity contribution in [1.82, 2.24) is 20.4 Å². The van der Waals surface area contributed by atoms with Gasteiger partial charge in [0, 0.05) is 21.5 Å². The van der Waals surface area contributed by atoms with E-state index in [9.17, 15) is 17.6 Å². The van der Waals surface area contributed by atoms with E-state index in [2.05, 4.69) is 20.4 Å². The maximum absolute atomic E-state index is 14.1. The Morgan fingerprint density at radius 1 is 0.956 bits per heavy atom. The molecule has 1 N–H and O–H groups in total. The summed E-state index contributed by atoms with van der Waals surface area (Å²) in [4.78, 5) is 12.9. The van der Waals surface area contributed by atoms with Crippen molar-refractivity contribution in [2.75, 3.05) is 18.5 Å². The molecule has 4 aromatic carbocycles. The normalized spacial score (nSPS) is 11.5. The molecule has 2 heterocycles. The molecule has 0 bridgehead atoms. The summed E-state index contributed by atoms with van der Waals surface area (Å²) in [6.07, 6.45) is 0. The van der Waals surface area contributed by atoms with E-state index in [1.165, 1.54) is 43.0 Å². The van der Waals surface area contributed by atoms with Gasteiger partial charge in [0.1, 0.15) is 28.5 Å². The maximum Gasteiger partial charge on any atom is 0.272 e. The van der Waals surface area contributed by atoms with Crippen molar-refractivity contribution in [2.24, 2.45) is 0 Å². The van der Waals surface area contributed by atoms with Gasteiger partial charge >= 0.3 is 0 Å². The maximum atomic E-state index is 14.1. The fourth-order valence-corrected chi connectivity index (χ4v) is 7.33. The molecule has 0 saturated heterocycles. The average molecular weight is 664 g/mol. The Morgan fingerprint density at radius 2 is 1.76 bits per heavy atom. The predicted molar refractivity (Wildman–Crippen MR) is 171 cm³/mol. The second-order valence-corrected chi connectivity index (χ2v) is 12.8. The quantitative estimate of drug-likeness (QED) is 0.191. The number of nitrogens with zero attached hydrogens (tertiary/aromatic N) is 4. The van der Waals surface area contributed by atoms with Gasteiger partial charge in [-0.3, -0.25) is 4.79 Å². The first kappa shape index (κ1) is 30.2. The number of sulfonamides is 1. The second kappa shape index (κ2) is 12.3. The standard InChI is InChI=1S/C31H23ClFN5O5S2/c1-42-21-8-6-18(7-9-21)16-38(31-37-34-17-44-31)45(40,41)22-10-11-23-25(13-22)30(39)36-35-29(23)26-14-27(32)24(15-28(26)43-2)19-4-3-5-20(33)12-19/h3-15,17H,16H2,1-2H3,(H,36,39). The van der Waals surface area contributed by atoms with Gasteiger partial charge in [-0.15, -0.1) is 10.2 Å². The molecule has 0 unspecified atom stereocenters. The molecule has 2 aromatic heterocycles. The summed E-state index contributed by atoms with van der Waals surface area (Å²) >= 11 is 7.72. The van der Waals surface area contributed by atoms with Crippen LogP contribution in [-0.4, -0.2) is 43.0 Å². The molecule has 0 saturated carbocycles. The van der Waals surface area contributed by atoms with Crippen LogP contribution in [0.15, 0.2) is 94.1 Å². The number of H-pyrrole nitrogens is 1. The molecule has 0 fully saturated rings. The van der Waals surface area contributed by atoms with Gasteiger partial charge < -0.3 is 9.47 Å². The minimum absolute atomic E-state index is 0.0368. The van der Waals surface area contributed by atoms with E-state index in [0.29, 0.717) is 49.9 Å². The highest BCUT2D eigenvalue weighted by Gasteiger charge is 2.29. The SMILES string of the molecule is COc1ccc(CN(c2nncs2)S(=O)(=O)c2ccc3c(-c4cc(Cl)c(-c5cccc(F)c5)cc4OC)n[nH]c(=O)c3c2)cc1. The minimum Gasteiger partial charge on any atom is -0.497 e. The first-order valence-corrected chi connectivity index (χ1v) is 16.0. The Kier molecular flexibility index (Phi) is 8.23. The summed E-state index contributed by atoms with van der Waals surface area (Å²) in [5, 5.41) is 15.4. The largest absolute Gasteiger partial charge is 0.497 e. The van der Waals surface area contributed by atoms with Gasteiger partial charge in [0.05, 0.1) is 31.0 Å². The van der Waals surface area contributed by atoms with Crippen molar-refractivity contribution in [3.05, 3.63) is 111 Å². The van der Waals surface area contributed by atoms with Crippen LogP contribution in [0.4, 0.5) is 9.52 Å². The molecule has 14 heteroatoms. The van der Waals surface area contributed by atoms with Crippen LogP contribution in [-0.2, 0) is 16.6 Å². The number of fused-ring (bicyclic) bond motifs is 1. The van der Waals surface area contributed by atoms with E-state index >= 15 is 0 Å². The topological polar surface area (TPSA) is 127 Å². The molecule has 0 amide bonds. The van der Waals surface area contributed by atoms with Crippen LogP contribution in [0.1, 0.15) is 5.56 Å². The zero-order valence-corrected chi connectivity index (χ0v) is 26.1. The molecule has 0 spiro atoms. The third-order valence-electron chi connectivity index (χ3n) is 7.08. The third kappa shape index (κ3) is 5.84. The summed E-state index contributed by atoms with van der Waals surface area (Å²) < 4.78 is 54.0. The fraction of sp³-hybridized carbons (Fsp3) is 0.0968. The number of aromatic amines is 1. The summed E-state index contributed by atoms with van der Waals surface area (Å²) in [7, 11) is -1.22. The second-order valence-electron chi connectivity index (χ2n) is 9.73. The van der Waals surface area contributed by atoms with Gasteiger partial charge in [-0.25, -0.2) is 22.2 Å². The number of aromatic nitrogens is 4. The monoisotopic (exact) mass is 663 g/mol. The van der Waals surface area contributed by atoms with E-state index in [0.717, 1.165) is 15.6 Å². The molecule has 228 valence electrons. The molecule has 10 nitrogen and oxygen atoms in total. The lowest BCUT2D eigenvalue weighted by Crippen LogP contribution is -2.30. The number of methoxy groups -OCH3 is 2. The Bertz CT molecular complexity index is 2190. The van der Waals surface area contributed by atoms with Gasteiger partial charge in [-0.2, -0.15) is 5.10 Å². The summed E-state index contributed by atoms with van der Waals surface area (Å²) in [5.74, 6) is 0.571. The molecule has 0 aliphatic carbocycles. The molecule has 6 aromatic rings. The number of hydrogen-bond acceptors (Lipinski definition) is 9. The minimum atomic E-state index is -4.22. The zero-order chi connectivity index (χ0) is 31.7. The first-order valence-electron chi connectivity index (χ1n) is 13.3. The fourth-order valence-electron chi connectivity index (χ4n) is 4.85. The van der Waals surface area contributed by atoms with E-state index in [1.54, 1.807) is 55.6 Å². The molecular weight excluding hydrogens is 641 g/mol. The van der Waals surface area contributed by atoms with Crippen molar-refractivity contribution in [3.8, 4) is 33.9 Å². The number of benzene rings is 4. The summed E-state index contributed by atoms with van der Waals surface area (Å²) in [6.45, 7) is -0.0368. The van der Waals surface area contributed by atoms with E-state index in [1.807, 2.05) is 0 Å². The van der Waals surface area contributed by atoms with Crippen molar-refractivity contribution < 1.29 is 22.3 Å². The van der Waals surface area contributed by atoms with Crippen molar-refractivity contribution in [1.29, 1.82) is 0 Å². The van der Waals surface area contributed by atoms with Crippen LogP contribution in [0.2, 0.25) is 5.02 Å². The highest BCUT2D eigenvalue weighted by molar-refractivity contribution is 7.93. The lowest BCUT2D eigenvalue weighted by atomic mass is 9.99. The lowest BCUT2D eigenvalue weighted by molar-refractivity contribution is 0.414. The summed E-state index contributed by atoms with van der Waals surface area (Å²) in [6, 6.07) is 20.4. The molecule has 0 aliphatic heterocycles. The third-order valence-corrected chi connectivity index (χ3v) is 9.95. The highest BCUT2D eigenvalue weighted by atomic mass is 35.5. The molecule has 0 atom stereocenters. The predicted octanol–water partition coefficient (Wildman–Crippen LogP) is 6.31. The Morgan fingerprint density at radius 3 is 2.44 bits per heavy atom. The molecule has 0 aliphatic rings. The smallest absolute Gasteiger partial charge is 0.272 e. The van der Waals surface area contributed by atoms with Crippen LogP contribution in [0.3, 0.4) is 0 Å². The van der Waals surface area contributed by atoms with Gasteiger partial charge in [-0.05, 0) is 59.7 Å². The van der Waals surface area contributed by atoms with Crippen LogP contribution in [0, 0.1) is 5.82 Å². The number of ether oxygens (including phenoxy) is 2. The van der Waals surface area contributed by atoms with E-state index < -0.39 is 21.4 Å². The van der Waals surface area contributed by atoms with Crippen LogP contribution < -0.4 is 19.3 Å². The van der Waals surface area contributed by atoms with Crippen LogP contribution >= 0.6 is 22.9 Å². The number of rotatable bonds is 9. The van der Waals surface area contributed by atoms with Gasteiger partial charge in [0.2, 0.25) is 5.13 Å². The molecule has 0 radical (unpaired) electrons. The summed E-state index contributed by atoms with van der Waals surface area (Å²) in [5.41, 5.74) is 3.36. The molecule has 6 rings (SSSR count). The Labute approximate surface area is 265 Å². The van der Waals surface area contributed by atoms with Crippen molar-refractivity contribution >= 4 is 48.9 Å². The van der Waals surface area contributed by atoms with Crippen LogP contribution in [0.25, 0.3) is 33.2 Å². The molecule has 45 heavy (non-hydrogen) atoms. The zero-order valence-electron chi connectivity index (χ0n) is 23.7. The Balaban J connectivity index is 1.44. The number of nitrogens with one attached hydrogen (secondary N) is 1. The molecular formula is C31H23ClFN5O5S2. The van der Waals surface area contributed by atoms with Gasteiger partial charge in [0.25, 0.3) is 15.6 Å². The first-order chi connectivity index (χ1) is 21.7. The van der Waals surface area contributed by atoms with Crippen molar-refractivity contribution in [2.45, 2.75) is 11.4 Å². The van der Waals surface area contributed by atoms with Gasteiger partial charge in [0.15, 0.2) is 0 Å². The lowest BCUT2D eigenvalue weighted by Gasteiger charge is -2.22. The van der Waals surface area contributed by atoms with Crippen LogP contribution in [0.5, 0.6) is 11.5 Å². The van der Waals surface area contributed by atoms with E-state index in [4.69, 9.17) is 21.1 Å². The number of anilines is 1. The van der Waals surface area contributed by atoms with E-state index in [-0.39, 0.29) is 22.0 Å². The highest BCUT2D eigenvalue weighted by Crippen LogP contribution is 2.40. The average Bonchev–Trinajstić information content (AvgIpc) is 3.58. The van der Waals surface area contributed by atoms with Gasteiger partial charge in [-0.1, -0.05) is 53.3 Å². The number of halogens is 2.